The molecule has 1 aromatic rings. The maximum absolute atomic E-state index is 11.5. The minimum atomic E-state index is -0.0954. The Morgan fingerprint density at radius 3 is 3.18 bits per heavy atom. The smallest absolute Gasteiger partial charge is 0.310 e. The molecule has 1 aliphatic heterocycles. The Labute approximate surface area is 106 Å². The van der Waals surface area contributed by atoms with Gasteiger partial charge in [0.2, 0.25) is 0 Å². The van der Waals surface area contributed by atoms with Crippen molar-refractivity contribution in [3.05, 3.63) is 11.1 Å². The number of aryl methyl sites for hydroxylation is 1. The van der Waals surface area contributed by atoms with E-state index in [-0.39, 0.29) is 11.9 Å². The fraction of sp³-hybridized carbons (Fsp3) is 0.667. The predicted octanol–water partition coefficient (Wildman–Crippen LogP) is 2.09. The highest BCUT2D eigenvalue weighted by Crippen LogP contribution is 2.26. The van der Waals surface area contributed by atoms with Crippen LogP contribution in [-0.2, 0) is 16.0 Å². The Balaban J connectivity index is 2.04. The van der Waals surface area contributed by atoms with Gasteiger partial charge in [-0.3, -0.25) is 4.79 Å². The van der Waals surface area contributed by atoms with Gasteiger partial charge in [-0.1, -0.05) is 6.92 Å². The minimum Gasteiger partial charge on any atom is -0.469 e. The number of hydrogen-bond acceptors (Lipinski definition) is 5. The van der Waals surface area contributed by atoms with Crippen molar-refractivity contribution in [1.29, 1.82) is 0 Å². The van der Waals surface area contributed by atoms with Gasteiger partial charge in [0.25, 0.3) is 0 Å². The van der Waals surface area contributed by atoms with Crippen molar-refractivity contribution in [2.24, 2.45) is 5.92 Å². The van der Waals surface area contributed by atoms with Crippen LogP contribution in [0, 0.1) is 5.92 Å². The van der Waals surface area contributed by atoms with Crippen LogP contribution in [0.25, 0.3) is 0 Å². The first-order chi connectivity index (χ1) is 8.24. The van der Waals surface area contributed by atoms with Crippen molar-refractivity contribution in [1.82, 2.24) is 4.98 Å². The molecule has 0 N–H and O–H groups in total. The van der Waals surface area contributed by atoms with E-state index in [1.165, 1.54) is 7.11 Å². The number of rotatable bonds is 3. The summed E-state index contributed by atoms with van der Waals surface area (Å²) in [6, 6.07) is 0. The monoisotopic (exact) mass is 254 g/mol. The summed E-state index contributed by atoms with van der Waals surface area (Å²) in [6.45, 7) is 3.83. The zero-order valence-electron chi connectivity index (χ0n) is 10.3. The number of carbonyl (C=O) groups excluding carboxylic acids is 1. The Bertz CT molecular complexity index is 392. The molecular formula is C12H18N2O2S. The molecule has 0 radical (unpaired) electrons. The maximum atomic E-state index is 11.5. The van der Waals surface area contributed by atoms with Crippen LogP contribution < -0.4 is 4.90 Å². The van der Waals surface area contributed by atoms with Crippen LogP contribution in [0.5, 0.6) is 0 Å². The molecule has 1 aromatic heterocycles. The second kappa shape index (κ2) is 5.49. The van der Waals surface area contributed by atoms with E-state index in [0.717, 1.165) is 43.2 Å². The lowest BCUT2D eigenvalue weighted by molar-refractivity contribution is -0.145. The van der Waals surface area contributed by atoms with E-state index < -0.39 is 0 Å². The van der Waals surface area contributed by atoms with E-state index in [1.54, 1.807) is 11.3 Å². The third-order valence-electron chi connectivity index (χ3n) is 3.13. The van der Waals surface area contributed by atoms with Crippen molar-refractivity contribution in [3.8, 4) is 0 Å². The molecule has 1 aliphatic rings. The van der Waals surface area contributed by atoms with Gasteiger partial charge in [-0.05, 0) is 19.3 Å². The number of esters is 1. The van der Waals surface area contributed by atoms with Crippen LogP contribution in [0.1, 0.15) is 25.5 Å². The van der Waals surface area contributed by atoms with Crippen LogP contribution in [0.2, 0.25) is 0 Å². The van der Waals surface area contributed by atoms with Crippen LogP contribution in [0.3, 0.4) is 0 Å². The molecule has 2 rings (SSSR count). The summed E-state index contributed by atoms with van der Waals surface area (Å²) in [7, 11) is 1.46. The Morgan fingerprint density at radius 1 is 1.71 bits per heavy atom. The summed E-state index contributed by atoms with van der Waals surface area (Å²) in [5.74, 6) is -0.0929. The highest BCUT2D eigenvalue weighted by Gasteiger charge is 2.27. The summed E-state index contributed by atoms with van der Waals surface area (Å²) in [4.78, 5) is 18.3. The van der Waals surface area contributed by atoms with E-state index in [2.05, 4.69) is 22.2 Å². The second-order valence-corrected chi connectivity index (χ2v) is 5.12. The number of nitrogens with zero attached hydrogens (tertiary/aromatic N) is 2. The van der Waals surface area contributed by atoms with Gasteiger partial charge in [-0.15, -0.1) is 11.3 Å². The van der Waals surface area contributed by atoms with Crippen molar-refractivity contribution in [2.45, 2.75) is 26.2 Å². The van der Waals surface area contributed by atoms with Crippen LogP contribution in [-0.4, -0.2) is 31.2 Å². The summed E-state index contributed by atoms with van der Waals surface area (Å²) < 4.78 is 4.82. The van der Waals surface area contributed by atoms with Gasteiger partial charge in [0.1, 0.15) is 0 Å². The van der Waals surface area contributed by atoms with Gasteiger partial charge in [0.15, 0.2) is 5.13 Å². The molecule has 5 heteroatoms. The average molecular weight is 254 g/mol. The lowest BCUT2D eigenvalue weighted by atomic mass is 9.99. The summed E-state index contributed by atoms with van der Waals surface area (Å²) in [5.41, 5.74) is 1.13. The third-order valence-corrected chi connectivity index (χ3v) is 4.08. The number of ether oxygens (including phenoxy) is 1. The average Bonchev–Trinajstić information content (AvgIpc) is 2.86. The topological polar surface area (TPSA) is 42.4 Å². The number of thiazole rings is 1. The van der Waals surface area contributed by atoms with Crippen molar-refractivity contribution < 1.29 is 9.53 Å². The quantitative estimate of drug-likeness (QED) is 0.775. The molecule has 1 atom stereocenters. The Hall–Kier alpha value is -1.10. The molecule has 0 saturated carbocycles. The van der Waals surface area contributed by atoms with Gasteiger partial charge >= 0.3 is 5.97 Å². The number of carbonyl (C=O) groups is 1. The highest BCUT2D eigenvalue weighted by atomic mass is 32.1. The van der Waals surface area contributed by atoms with Crippen molar-refractivity contribution >= 4 is 22.4 Å². The number of hydrogen-bond donors (Lipinski definition) is 0. The third kappa shape index (κ3) is 2.77. The SMILES string of the molecule is CCc1csc(N2CCCC(C(=O)OC)C2)n1. The zero-order chi connectivity index (χ0) is 12.3. The molecule has 17 heavy (non-hydrogen) atoms. The first-order valence-electron chi connectivity index (χ1n) is 6.01. The molecule has 0 bridgehead atoms. The number of aromatic nitrogens is 1. The summed E-state index contributed by atoms with van der Waals surface area (Å²) in [5, 5.41) is 3.13. The Morgan fingerprint density at radius 2 is 2.53 bits per heavy atom. The molecule has 1 fully saturated rings. The van der Waals surface area contributed by atoms with Gasteiger partial charge < -0.3 is 9.64 Å². The van der Waals surface area contributed by atoms with E-state index in [4.69, 9.17) is 4.74 Å². The zero-order valence-corrected chi connectivity index (χ0v) is 11.1. The number of piperidine rings is 1. The van der Waals surface area contributed by atoms with E-state index in [0.29, 0.717) is 0 Å². The molecule has 0 aromatic carbocycles. The molecule has 1 unspecified atom stereocenters. The molecular weight excluding hydrogens is 236 g/mol. The van der Waals surface area contributed by atoms with Gasteiger partial charge in [-0.25, -0.2) is 4.98 Å². The molecule has 1 saturated heterocycles. The van der Waals surface area contributed by atoms with Crippen molar-refractivity contribution in [2.75, 3.05) is 25.1 Å². The predicted molar refractivity (Wildman–Crippen MR) is 68.4 cm³/mol. The maximum Gasteiger partial charge on any atom is 0.310 e. The first kappa shape index (κ1) is 12.4. The molecule has 2 heterocycles. The standard InChI is InChI=1S/C12H18N2O2S/c1-3-10-8-17-12(13-10)14-6-4-5-9(7-14)11(15)16-2/h8-9H,3-7H2,1-2H3. The highest BCUT2D eigenvalue weighted by molar-refractivity contribution is 7.13. The van der Waals surface area contributed by atoms with Gasteiger partial charge in [0.05, 0.1) is 18.7 Å². The fourth-order valence-corrected chi connectivity index (χ4v) is 3.06. The largest absolute Gasteiger partial charge is 0.469 e. The lowest BCUT2D eigenvalue weighted by Crippen LogP contribution is -2.39. The van der Waals surface area contributed by atoms with Crippen molar-refractivity contribution in [3.63, 3.8) is 0 Å². The minimum absolute atomic E-state index is 0.00252. The number of anilines is 1. The first-order valence-corrected chi connectivity index (χ1v) is 6.89. The molecule has 0 aliphatic carbocycles. The van der Waals surface area contributed by atoms with Crippen LogP contribution >= 0.6 is 11.3 Å². The lowest BCUT2D eigenvalue weighted by Gasteiger charge is -2.30. The molecule has 0 amide bonds. The normalized spacial score (nSPS) is 20.4. The van der Waals surface area contributed by atoms with E-state index >= 15 is 0 Å². The van der Waals surface area contributed by atoms with Crippen LogP contribution in [0.4, 0.5) is 5.13 Å². The van der Waals surface area contributed by atoms with Crippen LogP contribution in [0.15, 0.2) is 5.38 Å². The molecule has 0 spiro atoms. The number of methoxy groups -OCH3 is 1. The molecule has 94 valence electrons. The van der Waals surface area contributed by atoms with E-state index in [1.807, 2.05) is 0 Å². The van der Waals surface area contributed by atoms with E-state index in [9.17, 15) is 4.79 Å². The van der Waals surface area contributed by atoms with Gasteiger partial charge in [0, 0.05) is 18.5 Å². The summed E-state index contributed by atoms with van der Waals surface area (Å²) >= 11 is 1.66. The second-order valence-electron chi connectivity index (χ2n) is 4.28. The fourth-order valence-electron chi connectivity index (χ4n) is 2.11. The van der Waals surface area contributed by atoms with Gasteiger partial charge in [-0.2, -0.15) is 0 Å². The Kier molecular flexibility index (Phi) is 3.99. The molecule has 4 nitrogen and oxygen atoms in total. The summed E-state index contributed by atoms with van der Waals surface area (Å²) in [6.07, 6.45) is 2.92.